The first-order valence-electron chi connectivity index (χ1n) is 8.49. The number of benzene rings is 1. The summed E-state index contributed by atoms with van der Waals surface area (Å²) in [5, 5.41) is 1.13. The molecule has 0 atom stereocenters. The number of hydrogen-bond donors (Lipinski definition) is 0. The monoisotopic (exact) mass is 297 g/mol. The Labute approximate surface area is 130 Å². The van der Waals surface area contributed by atoms with Gasteiger partial charge < -0.3 is 4.42 Å². The third kappa shape index (κ3) is 2.48. The van der Waals surface area contributed by atoms with Gasteiger partial charge in [0.05, 0.1) is 0 Å². The zero-order valence-corrected chi connectivity index (χ0v) is 13.2. The molecule has 0 saturated heterocycles. The Morgan fingerprint density at radius 2 is 1.82 bits per heavy atom. The summed E-state index contributed by atoms with van der Waals surface area (Å²) in [5.41, 5.74) is 4.46. The summed E-state index contributed by atoms with van der Waals surface area (Å²) in [6.45, 7) is 0.839. The smallest absolute Gasteiger partial charge is 0.336 e. The molecule has 0 amide bonds. The summed E-state index contributed by atoms with van der Waals surface area (Å²) >= 11 is 0. The highest BCUT2D eigenvalue weighted by Gasteiger charge is 2.21. The van der Waals surface area contributed by atoms with Crippen molar-refractivity contribution >= 4 is 11.0 Å². The van der Waals surface area contributed by atoms with Gasteiger partial charge in [-0.3, -0.25) is 4.90 Å². The van der Waals surface area contributed by atoms with E-state index in [9.17, 15) is 4.79 Å². The van der Waals surface area contributed by atoms with Gasteiger partial charge >= 0.3 is 5.63 Å². The fourth-order valence-corrected chi connectivity index (χ4v) is 4.17. The van der Waals surface area contributed by atoms with Crippen LogP contribution in [0.15, 0.2) is 27.4 Å². The van der Waals surface area contributed by atoms with Crippen LogP contribution in [-0.2, 0) is 19.4 Å². The molecule has 2 aromatic rings. The van der Waals surface area contributed by atoms with Crippen molar-refractivity contribution in [2.75, 3.05) is 7.05 Å². The molecule has 1 saturated carbocycles. The number of rotatable bonds is 3. The van der Waals surface area contributed by atoms with E-state index < -0.39 is 0 Å². The lowest BCUT2D eigenvalue weighted by Gasteiger charge is -2.24. The first-order valence-corrected chi connectivity index (χ1v) is 8.49. The van der Waals surface area contributed by atoms with Crippen LogP contribution in [0.25, 0.3) is 11.0 Å². The van der Waals surface area contributed by atoms with Gasteiger partial charge in [-0.1, -0.05) is 12.8 Å². The van der Waals surface area contributed by atoms with Gasteiger partial charge in [0, 0.05) is 24.0 Å². The second kappa shape index (κ2) is 5.54. The quantitative estimate of drug-likeness (QED) is 0.811. The highest BCUT2D eigenvalue weighted by atomic mass is 16.4. The molecule has 0 bridgehead atoms. The molecule has 22 heavy (non-hydrogen) atoms. The Morgan fingerprint density at radius 3 is 2.59 bits per heavy atom. The average Bonchev–Trinajstić information content (AvgIpc) is 3.16. The largest absolute Gasteiger partial charge is 0.423 e. The van der Waals surface area contributed by atoms with E-state index in [2.05, 4.69) is 24.1 Å². The van der Waals surface area contributed by atoms with Crippen molar-refractivity contribution in [1.82, 2.24) is 4.90 Å². The topological polar surface area (TPSA) is 33.5 Å². The Bertz CT molecular complexity index is 756. The molecule has 4 rings (SSSR count). The van der Waals surface area contributed by atoms with Crippen molar-refractivity contribution in [2.45, 2.75) is 57.5 Å². The Morgan fingerprint density at radius 1 is 1.09 bits per heavy atom. The lowest BCUT2D eigenvalue weighted by Crippen LogP contribution is -2.29. The lowest BCUT2D eigenvalue weighted by molar-refractivity contribution is 0.238. The predicted octanol–water partition coefficient (Wildman–Crippen LogP) is 3.66. The third-order valence-electron chi connectivity index (χ3n) is 5.41. The highest BCUT2D eigenvalue weighted by molar-refractivity contribution is 5.82. The van der Waals surface area contributed by atoms with E-state index >= 15 is 0 Å². The van der Waals surface area contributed by atoms with Crippen molar-refractivity contribution < 1.29 is 4.42 Å². The van der Waals surface area contributed by atoms with Gasteiger partial charge in [-0.05, 0) is 68.0 Å². The van der Waals surface area contributed by atoms with Crippen LogP contribution in [0.2, 0.25) is 0 Å². The highest BCUT2D eigenvalue weighted by Crippen LogP contribution is 2.30. The number of fused-ring (bicyclic) bond motifs is 2. The molecule has 0 unspecified atom stereocenters. The van der Waals surface area contributed by atoms with Crippen LogP contribution >= 0.6 is 0 Å². The normalized spacial score (nSPS) is 18.5. The molecule has 3 nitrogen and oxygen atoms in total. The maximum Gasteiger partial charge on any atom is 0.336 e. The van der Waals surface area contributed by atoms with E-state index in [1.807, 2.05) is 0 Å². The van der Waals surface area contributed by atoms with Crippen LogP contribution < -0.4 is 5.63 Å². The molecular formula is C19H23NO2. The Balaban J connectivity index is 1.74. The average molecular weight is 297 g/mol. The summed E-state index contributed by atoms with van der Waals surface area (Å²) in [4.78, 5) is 14.3. The molecule has 1 heterocycles. The fourth-order valence-electron chi connectivity index (χ4n) is 4.17. The van der Waals surface area contributed by atoms with Gasteiger partial charge in [0.2, 0.25) is 0 Å². The predicted molar refractivity (Wildman–Crippen MR) is 88.2 cm³/mol. The van der Waals surface area contributed by atoms with Gasteiger partial charge in [0.15, 0.2) is 0 Å². The minimum atomic E-state index is -0.222. The summed E-state index contributed by atoms with van der Waals surface area (Å²) in [7, 11) is 2.18. The third-order valence-corrected chi connectivity index (χ3v) is 5.41. The summed E-state index contributed by atoms with van der Waals surface area (Å²) in [5.74, 6) is 0. The fraction of sp³-hybridized carbons (Fsp3) is 0.526. The number of nitrogens with zero attached hydrogens (tertiary/aromatic N) is 1. The van der Waals surface area contributed by atoms with Gasteiger partial charge in [-0.25, -0.2) is 4.79 Å². The Hall–Kier alpha value is -1.61. The molecule has 1 aromatic heterocycles. The van der Waals surface area contributed by atoms with Crippen LogP contribution in [-0.4, -0.2) is 18.0 Å². The van der Waals surface area contributed by atoms with E-state index in [1.165, 1.54) is 43.2 Å². The van der Waals surface area contributed by atoms with Gasteiger partial charge in [0.25, 0.3) is 0 Å². The second-order valence-electron chi connectivity index (χ2n) is 6.91. The molecule has 0 radical (unpaired) electrons. The van der Waals surface area contributed by atoms with Crippen molar-refractivity contribution in [3.63, 3.8) is 0 Å². The summed E-state index contributed by atoms with van der Waals surface area (Å²) in [6.07, 6.45) is 8.72. The summed E-state index contributed by atoms with van der Waals surface area (Å²) < 4.78 is 5.46. The van der Waals surface area contributed by atoms with Crippen molar-refractivity contribution in [1.29, 1.82) is 0 Å². The Kier molecular flexibility index (Phi) is 3.53. The van der Waals surface area contributed by atoms with Gasteiger partial charge in [-0.2, -0.15) is 0 Å². The second-order valence-corrected chi connectivity index (χ2v) is 6.91. The number of aryl methyl sites for hydroxylation is 2. The molecule has 0 aliphatic heterocycles. The van der Waals surface area contributed by atoms with Crippen LogP contribution in [0.5, 0.6) is 0 Å². The van der Waals surface area contributed by atoms with E-state index in [1.54, 1.807) is 6.07 Å². The summed E-state index contributed by atoms with van der Waals surface area (Å²) in [6, 6.07) is 6.71. The first-order chi connectivity index (χ1) is 10.7. The first kappa shape index (κ1) is 14.0. The molecular weight excluding hydrogens is 274 g/mol. The maximum absolute atomic E-state index is 11.9. The molecule has 0 N–H and O–H groups in total. The zero-order valence-electron chi connectivity index (χ0n) is 13.2. The molecule has 3 heteroatoms. The molecule has 1 aromatic carbocycles. The van der Waals surface area contributed by atoms with Crippen LogP contribution in [0.3, 0.4) is 0 Å². The minimum absolute atomic E-state index is 0.222. The van der Waals surface area contributed by atoms with Gasteiger partial charge in [-0.15, -0.1) is 0 Å². The molecule has 2 aliphatic rings. The maximum atomic E-state index is 11.9. The van der Waals surface area contributed by atoms with Crippen LogP contribution in [0, 0.1) is 0 Å². The number of hydrogen-bond acceptors (Lipinski definition) is 3. The van der Waals surface area contributed by atoms with Crippen molar-refractivity contribution in [2.24, 2.45) is 0 Å². The molecule has 116 valence electrons. The zero-order chi connectivity index (χ0) is 15.1. The SMILES string of the molecule is CN(Cc1cc(=O)oc2cc3c(cc12)CCC3)C1CCCC1. The lowest BCUT2D eigenvalue weighted by atomic mass is 10.0. The van der Waals surface area contributed by atoms with Gasteiger partial charge in [0.1, 0.15) is 5.58 Å². The van der Waals surface area contributed by atoms with Crippen LogP contribution in [0.4, 0.5) is 0 Å². The standard InChI is InChI=1S/C19H23NO2/c1-20(16-7-2-3-8-16)12-15-11-19(21)22-18-10-14-6-4-5-13(14)9-17(15)18/h9-11,16H,2-8,12H2,1H3. The molecule has 0 spiro atoms. The minimum Gasteiger partial charge on any atom is -0.423 e. The van der Waals surface area contributed by atoms with Crippen LogP contribution in [0.1, 0.15) is 48.8 Å². The molecule has 1 fully saturated rings. The van der Waals surface area contributed by atoms with E-state index in [-0.39, 0.29) is 5.63 Å². The van der Waals surface area contributed by atoms with E-state index in [0.29, 0.717) is 6.04 Å². The van der Waals surface area contributed by atoms with E-state index in [0.717, 1.165) is 35.9 Å². The van der Waals surface area contributed by atoms with Crippen molar-refractivity contribution in [3.8, 4) is 0 Å². The molecule has 2 aliphatic carbocycles. The van der Waals surface area contributed by atoms with E-state index in [4.69, 9.17) is 4.42 Å². The van der Waals surface area contributed by atoms with Crippen molar-refractivity contribution in [3.05, 3.63) is 45.3 Å².